The first kappa shape index (κ1) is 27.1. The third-order valence-electron chi connectivity index (χ3n) is 7.89. The lowest BCUT2D eigenvalue weighted by atomic mass is 9.84. The number of aromatic hydroxyl groups is 2. The number of rotatable bonds is 4. The maximum Gasteiger partial charge on any atom is 0.490 e. The molecule has 0 bridgehead atoms. The minimum atomic E-state index is -5.19. The average molecular weight is 546 g/mol. The second-order valence-electron chi connectivity index (χ2n) is 10.6. The topological polar surface area (TPSA) is 100 Å². The van der Waals surface area contributed by atoms with E-state index in [1.54, 1.807) is 11.9 Å². The van der Waals surface area contributed by atoms with Gasteiger partial charge in [-0.3, -0.25) is 4.79 Å². The normalized spacial score (nSPS) is 21.2. The number of ether oxygens (including phenoxy) is 1. The minimum Gasteiger partial charge on any atom is -0.507 e. The number of halogens is 3. The largest absolute Gasteiger partial charge is 0.507 e. The summed E-state index contributed by atoms with van der Waals surface area (Å²) in [4.78, 5) is 26.6. The zero-order chi connectivity index (χ0) is 27.9. The lowest BCUT2D eigenvalue weighted by molar-refractivity contribution is -0.207. The molecule has 2 aromatic carbocycles. The molecule has 2 N–H and O–H groups in total. The summed E-state index contributed by atoms with van der Waals surface area (Å²) >= 11 is 0. The van der Waals surface area contributed by atoms with Gasteiger partial charge in [-0.2, -0.15) is 13.2 Å². The number of phenolic OH excluding ortho intramolecular Hbond substituents is 2. The summed E-state index contributed by atoms with van der Waals surface area (Å²) in [5.74, 6) is -3.56. The predicted octanol–water partition coefficient (Wildman–Crippen LogP) is 5.81. The van der Waals surface area contributed by atoms with Crippen molar-refractivity contribution in [3.8, 4) is 22.8 Å². The summed E-state index contributed by atoms with van der Waals surface area (Å²) in [6.07, 6.45) is -0.374. The van der Waals surface area contributed by atoms with Crippen LogP contribution in [0.3, 0.4) is 0 Å². The van der Waals surface area contributed by atoms with Crippen LogP contribution >= 0.6 is 0 Å². The monoisotopic (exact) mass is 545 g/mol. The van der Waals surface area contributed by atoms with Crippen molar-refractivity contribution in [2.45, 2.75) is 62.6 Å². The van der Waals surface area contributed by atoms with E-state index >= 15 is 0 Å². The first-order valence-electron chi connectivity index (χ1n) is 13.1. The van der Waals surface area contributed by atoms with Crippen molar-refractivity contribution in [1.29, 1.82) is 0 Å². The Morgan fingerprint density at radius 1 is 1.03 bits per heavy atom. The Balaban J connectivity index is 1.58. The van der Waals surface area contributed by atoms with Crippen LogP contribution in [-0.2, 0) is 9.53 Å². The molecule has 1 aliphatic carbocycles. The van der Waals surface area contributed by atoms with Crippen molar-refractivity contribution < 1.29 is 37.3 Å². The molecule has 3 aromatic rings. The molecule has 5 rings (SSSR count). The van der Waals surface area contributed by atoms with Gasteiger partial charge in [0.2, 0.25) is 0 Å². The van der Waals surface area contributed by atoms with Crippen LogP contribution in [0.4, 0.5) is 13.2 Å². The molecule has 1 aromatic heterocycles. The van der Waals surface area contributed by atoms with Crippen LogP contribution < -0.4 is 5.43 Å². The van der Waals surface area contributed by atoms with Gasteiger partial charge in [-0.05, 0) is 44.3 Å². The molecule has 0 unspecified atom stereocenters. The molecular formula is C29H30F3NO6. The number of benzene rings is 2. The molecule has 2 atom stereocenters. The third-order valence-corrected chi connectivity index (χ3v) is 7.89. The highest BCUT2D eigenvalue weighted by Crippen LogP contribution is 2.44. The predicted molar refractivity (Wildman–Crippen MR) is 138 cm³/mol. The van der Waals surface area contributed by atoms with Crippen molar-refractivity contribution >= 4 is 16.9 Å². The SMILES string of the molecule is CN1CC[C@H](c2c(O)cc(O)c3c(=O)cc(-c4ccc(C5CCCCC5)cc4)oc23)[C@H](OC(=O)C(F)(F)F)C1. The molecular weight excluding hydrogens is 515 g/mol. The molecule has 2 fully saturated rings. The second kappa shape index (κ2) is 10.6. The number of carbonyl (C=O) groups excluding carboxylic acids is 1. The van der Waals surface area contributed by atoms with Gasteiger partial charge in [0.1, 0.15) is 34.3 Å². The molecule has 1 saturated heterocycles. The zero-order valence-corrected chi connectivity index (χ0v) is 21.5. The number of carbonyl (C=O) groups is 1. The van der Waals surface area contributed by atoms with E-state index in [4.69, 9.17) is 9.15 Å². The van der Waals surface area contributed by atoms with Gasteiger partial charge in [-0.1, -0.05) is 43.5 Å². The zero-order valence-electron chi connectivity index (χ0n) is 21.5. The Bertz CT molecular complexity index is 1430. The molecule has 2 heterocycles. The van der Waals surface area contributed by atoms with E-state index in [-0.39, 0.29) is 35.3 Å². The number of nitrogens with zero attached hydrogens (tertiary/aromatic N) is 1. The number of esters is 1. The Hall–Kier alpha value is -3.53. The first-order valence-corrected chi connectivity index (χ1v) is 13.1. The molecule has 7 nitrogen and oxygen atoms in total. The van der Waals surface area contributed by atoms with E-state index in [1.807, 2.05) is 24.3 Å². The van der Waals surface area contributed by atoms with Gasteiger partial charge >= 0.3 is 12.1 Å². The first-order chi connectivity index (χ1) is 18.5. The van der Waals surface area contributed by atoms with Crippen LogP contribution in [-0.4, -0.2) is 53.5 Å². The molecule has 0 spiro atoms. The average Bonchev–Trinajstić information content (AvgIpc) is 2.89. The molecule has 10 heteroatoms. The van der Waals surface area contributed by atoms with E-state index in [0.29, 0.717) is 18.0 Å². The van der Waals surface area contributed by atoms with Crippen molar-refractivity contribution in [2.75, 3.05) is 20.1 Å². The highest BCUT2D eigenvalue weighted by atomic mass is 19.4. The summed E-state index contributed by atoms with van der Waals surface area (Å²) < 4.78 is 50.0. The molecule has 208 valence electrons. The summed E-state index contributed by atoms with van der Waals surface area (Å²) in [7, 11) is 1.68. The van der Waals surface area contributed by atoms with Crippen LogP contribution in [0.15, 0.2) is 45.6 Å². The summed E-state index contributed by atoms with van der Waals surface area (Å²) in [5, 5.41) is 21.1. The Morgan fingerprint density at radius 3 is 2.38 bits per heavy atom. The fourth-order valence-corrected chi connectivity index (χ4v) is 5.90. The highest BCUT2D eigenvalue weighted by Gasteiger charge is 2.45. The number of phenols is 2. The summed E-state index contributed by atoms with van der Waals surface area (Å²) in [6, 6.07) is 9.90. The Kier molecular flexibility index (Phi) is 7.33. The van der Waals surface area contributed by atoms with Gasteiger partial charge in [0.25, 0.3) is 0 Å². The highest BCUT2D eigenvalue weighted by molar-refractivity contribution is 5.90. The molecule has 1 saturated carbocycles. The van der Waals surface area contributed by atoms with Crippen molar-refractivity contribution in [2.24, 2.45) is 0 Å². The molecule has 2 aliphatic rings. The number of piperidine rings is 1. The van der Waals surface area contributed by atoms with Crippen LogP contribution in [0.1, 0.15) is 61.5 Å². The number of fused-ring (bicyclic) bond motifs is 1. The van der Waals surface area contributed by atoms with Crippen molar-refractivity contribution in [3.05, 3.63) is 57.7 Å². The van der Waals surface area contributed by atoms with E-state index in [1.165, 1.54) is 30.9 Å². The molecule has 0 amide bonds. The van der Waals surface area contributed by atoms with Crippen LogP contribution in [0.2, 0.25) is 0 Å². The molecule has 0 radical (unpaired) electrons. The quantitative estimate of drug-likeness (QED) is 0.399. The maximum absolute atomic E-state index is 13.2. The van der Waals surface area contributed by atoms with Gasteiger partial charge in [-0.25, -0.2) is 4.79 Å². The summed E-state index contributed by atoms with van der Waals surface area (Å²) in [6.45, 7) is 0.403. The Morgan fingerprint density at radius 2 is 1.72 bits per heavy atom. The van der Waals surface area contributed by atoms with Crippen LogP contribution in [0, 0.1) is 0 Å². The van der Waals surface area contributed by atoms with E-state index < -0.39 is 41.1 Å². The molecule has 39 heavy (non-hydrogen) atoms. The number of hydrogen-bond acceptors (Lipinski definition) is 7. The lowest BCUT2D eigenvalue weighted by Crippen LogP contribution is -2.45. The Labute approximate surface area is 222 Å². The number of alkyl halides is 3. The van der Waals surface area contributed by atoms with E-state index in [0.717, 1.165) is 18.9 Å². The van der Waals surface area contributed by atoms with Gasteiger partial charge in [-0.15, -0.1) is 0 Å². The maximum atomic E-state index is 13.2. The van der Waals surface area contributed by atoms with Gasteiger partial charge in [0.15, 0.2) is 5.43 Å². The van der Waals surface area contributed by atoms with Gasteiger partial charge in [0, 0.05) is 35.7 Å². The van der Waals surface area contributed by atoms with Crippen LogP contribution in [0.25, 0.3) is 22.3 Å². The summed E-state index contributed by atoms with van der Waals surface area (Å²) in [5.41, 5.74) is 1.12. The standard InChI is InChI=1S/C29H30F3NO6/c1-33-12-11-19(24(15-33)39-28(37)29(30,31)32)25-20(34)13-21(35)26-22(36)14-23(38-27(25)26)18-9-7-17(8-10-18)16-5-3-2-4-6-16/h7-10,13-14,16,19,24,34-35H,2-6,11-12,15H2,1H3/t19-,24+/m0/s1. The fourth-order valence-electron chi connectivity index (χ4n) is 5.90. The van der Waals surface area contributed by atoms with E-state index in [2.05, 4.69) is 0 Å². The van der Waals surface area contributed by atoms with Gasteiger partial charge in [0.05, 0.1) is 0 Å². The molecule has 1 aliphatic heterocycles. The lowest BCUT2D eigenvalue weighted by Gasteiger charge is -2.36. The third kappa shape index (κ3) is 5.48. The fraction of sp³-hybridized carbons (Fsp3) is 0.448. The minimum absolute atomic E-state index is 0.0219. The van der Waals surface area contributed by atoms with Gasteiger partial charge < -0.3 is 24.3 Å². The number of hydrogen-bond donors (Lipinski definition) is 2. The smallest absolute Gasteiger partial charge is 0.490 e. The van der Waals surface area contributed by atoms with Crippen molar-refractivity contribution in [1.82, 2.24) is 4.90 Å². The van der Waals surface area contributed by atoms with Crippen LogP contribution in [0.5, 0.6) is 11.5 Å². The number of likely N-dealkylation sites (N-methyl/N-ethyl adjacent to an activating group) is 1. The number of likely N-dealkylation sites (tertiary alicyclic amines) is 1. The van der Waals surface area contributed by atoms with Crippen molar-refractivity contribution in [3.63, 3.8) is 0 Å². The van der Waals surface area contributed by atoms with E-state index in [9.17, 15) is 33.0 Å². The second-order valence-corrected chi connectivity index (χ2v) is 10.6.